The van der Waals surface area contributed by atoms with E-state index in [9.17, 15) is 18.4 Å². The van der Waals surface area contributed by atoms with Crippen molar-refractivity contribution in [2.24, 2.45) is 0 Å². The quantitative estimate of drug-likeness (QED) is 0.669. The van der Waals surface area contributed by atoms with Gasteiger partial charge in [0.25, 0.3) is 0 Å². The molecule has 1 N–H and O–H groups in total. The van der Waals surface area contributed by atoms with Crippen molar-refractivity contribution in [1.29, 1.82) is 0 Å². The minimum absolute atomic E-state index is 0.135. The van der Waals surface area contributed by atoms with Gasteiger partial charge in [0.05, 0.1) is 22.9 Å². The van der Waals surface area contributed by atoms with Gasteiger partial charge in [0.2, 0.25) is 17.8 Å². The molecule has 1 aromatic carbocycles. The average Bonchev–Trinajstić information content (AvgIpc) is 2.79. The molecule has 0 saturated carbocycles. The zero-order chi connectivity index (χ0) is 21.4. The topological polar surface area (TPSA) is 75.2 Å². The number of anilines is 2. The van der Waals surface area contributed by atoms with E-state index in [4.69, 9.17) is 0 Å². The maximum Gasteiger partial charge on any atom is 0.244 e. The van der Waals surface area contributed by atoms with E-state index >= 15 is 0 Å². The first-order chi connectivity index (χ1) is 14.3. The number of nitrogens with zero attached hydrogens (tertiary/aromatic N) is 3. The van der Waals surface area contributed by atoms with Gasteiger partial charge >= 0.3 is 0 Å². The predicted octanol–water partition coefficient (Wildman–Crippen LogP) is 3.82. The maximum atomic E-state index is 14.9. The SMILES string of the molecule is Cc1cc2c(c(F)n1)-c1cccnc1[C@@H](C)C(=O)N2CC(=O)Nc1ccc(F)cc1. The Kier molecular flexibility index (Phi) is 4.99. The van der Waals surface area contributed by atoms with Crippen LogP contribution in [0.1, 0.15) is 24.2 Å². The van der Waals surface area contributed by atoms with E-state index < -0.39 is 23.6 Å². The number of hydrogen-bond acceptors (Lipinski definition) is 4. The number of benzene rings is 1. The molecule has 3 heterocycles. The van der Waals surface area contributed by atoms with E-state index in [1.54, 1.807) is 38.2 Å². The fourth-order valence-corrected chi connectivity index (χ4v) is 3.56. The minimum Gasteiger partial charge on any atom is -0.325 e. The van der Waals surface area contributed by atoms with Gasteiger partial charge in [0.1, 0.15) is 12.4 Å². The summed E-state index contributed by atoms with van der Waals surface area (Å²) in [6.07, 6.45) is 1.54. The molecule has 4 rings (SSSR count). The summed E-state index contributed by atoms with van der Waals surface area (Å²) >= 11 is 0. The fourth-order valence-electron chi connectivity index (χ4n) is 3.56. The molecule has 0 saturated heterocycles. The van der Waals surface area contributed by atoms with Crippen molar-refractivity contribution in [1.82, 2.24) is 9.97 Å². The van der Waals surface area contributed by atoms with Crippen molar-refractivity contribution >= 4 is 23.2 Å². The molecule has 0 fully saturated rings. The number of aryl methyl sites for hydroxylation is 1. The van der Waals surface area contributed by atoms with Crippen molar-refractivity contribution in [3.05, 3.63) is 71.8 Å². The van der Waals surface area contributed by atoms with Gasteiger partial charge in [-0.2, -0.15) is 4.39 Å². The normalized spacial score (nSPS) is 15.3. The minimum atomic E-state index is -0.731. The van der Waals surface area contributed by atoms with Crippen LogP contribution >= 0.6 is 0 Å². The Morgan fingerprint density at radius 2 is 1.93 bits per heavy atom. The summed E-state index contributed by atoms with van der Waals surface area (Å²) in [7, 11) is 0. The molecule has 0 unspecified atom stereocenters. The van der Waals surface area contributed by atoms with Gasteiger partial charge in [0.15, 0.2) is 0 Å². The summed E-state index contributed by atoms with van der Waals surface area (Å²) in [6.45, 7) is 2.94. The average molecular weight is 408 g/mol. The van der Waals surface area contributed by atoms with Crippen molar-refractivity contribution in [3.63, 3.8) is 0 Å². The Morgan fingerprint density at radius 3 is 2.67 bits per heavy atom. The van der Waals surface area contributed by atoms with Crippen LogP contribution in [0.25, 0.3) is 11.1 Å². The van der Waals surface area contributed by atoms with Crippen molar-refractivity contribution in [3.8, 4) is 11.1 Å². The van der Waals surface area contributed by atoms with Crippen molar-refractivity contribution in [2.45, 2.75) is 19.8 Å². The fraction of sp³-hybridized carbons (Fsp3) is 0.182. The van der Waals surface area contributed by atoms with E-state index in [0.717, 1.165) is 0 Å². The van der Waals surface area contributed by atoms with Gasteiger partial charge in [-0.15, -0.1) is 0 Å². The number of halogens is 2. The first-order valence-corrected chi connectivity index (χ1v) is 9.34. The summed E-state index contributed by atoms with van der Waals surface area (Å²) in [6, 6.07) is 10.2. The molecule has 152 valence electrons. The second kappa shape index (κ2) is 7.62. The molecule has 0 aliphatic carbocycles. The zero-order valence-electron chi connectivity index (χ0n) is 16.3. The Hall–Kier alpha value is -3.68. The van der Waals surface area contributed by atoms with Crippen LogP contribution in [0.2, 0.25) is 0 Å². The molecule has 2 aromatic heterocycles. The van der Waals surface area contributed by atoms with Crippen LogP contribution in [0.5, 0.6) is 0 Å². The first kappa shape index (κ1) is 19.6. The number of amides is 2. The summed E-state index contributed by atoms with van der Waals surface area (Å²) < 4.78 is 28.0. The number of nitrogens with one attached hydrogen (secondary N) is 1. The highest BCUT2D eigenvalue weighted by atomic mass is 19.1. The molecular formula is C22H18F2N4O2. The number of carbonyl (C=O) groups is 2. The Bertz CT molecular complexity index is 1150. The molecule has 1 aliphatic rings. The van der Waals surface area contributed by atoms with Crippen LogP contribution in [0.4, 0.5) is 20.2 Å². The number of aromatic nitrogens is 2. The lowest BCUT2D eigenvalue weighted by Gasteiger charge is -2.24. The lowest BCUT2D eigenvalue weighted by Crippen LogP contribution is -2.40. The highest BCUT2D eigenvalue weighted by molar-refractivity contribution is 6.09. The summed E-state index contributed by atoms with van der Waals surface area (Å²) in [5, 5.41) is 2.63. The third-order valence-electron chi connectivity index (χ3n) is 4.96. The molecule has 0 spiro atoms. The van der Waals surface area contributed by atoms with E-state index in [1.807, 2.05) is 0 Å². The number of pyridine rings is 2. The van der Waals surface area contributed by atoms with Crippen molar-refractivity contribution < 1.29 is 18.4 Å². The third kappa shape index (κ3) is 3.52. The van der Waals surface area contributed by atoms with Crippen LogP contribution in [0.3, 0.4) is 0 Å². The highest BCUT2D eigenvalue weighted by Gasteiger charge is 2.35. The Morgan fingerprint density at radius 1 is 1.20 bits per heavy atom. The van der Waals surface area contributed by atoms with Gasteiger partial charge in [-0.25, -0.2) is 9.37 Å². The van der Waals surface area contributed by atoms with Gasteiger partial charge in [-0.05, 0) is 50.2 Å². The molecule has 8 heteroatoms. The highest BCUT2D eigenvalue weighted by Crippen LogP contribution is 2.41. The van der Waals surface area contributed by atoms with Gasteiger partial charge in [-0.1, -0.05) is 6.07 Å². The number of fused-ring (bicyclic) bond motifs is 3. The molecule has 2 amide bonds. The molecule has 6 nitrogen and oxygen atoms in total. The molecule has 3 aromatic rings. The first-order valence-electron chi connectivity index (χ1n) is 9.34. The van der Waals surface area contributed by atoms with E-state index in [1.165, 1.54) is 29.2 Å². The van der Waals surface area contributed by atoms with Crippen LogP contribution in [0.15, 0.2) is 48.7 Å². The van der Waals surface area contributed by atoms with Gasteiger partial charge in [-0.3, -0.25) is 14.6 Å². The van der Waals surface area contributed by atoms with Crippen LogP contribution < -0.4 is 10.2 Å². The zero-order valence-corrected chi connectivity index (χ0v) is 16.3. The number of hydrogen-bond donors (Lipinski definition) is 1. The maximum absolute atomic E-state index is 14.9. The van der Waals surface area contributed by atoms with E-state index in [0.29, 0.717) is 22.6 Å². The lowest BCUT2D eigenvalue weighted by molar-refractivity contribution is -0.122. The molecule has 1 aliphatic heterocycles. The number of carbonyl (C=O) groups excluding carboxylic acids is 2. The standard InChI is InChI=1S/C22H18F2N4O2/c1-12-10-17-19(21(24)26-12)16-4-3-9-25-20(16)13(2)22(30)28(17)11-18(29)27-15-7-5-14(23)6-8-15/h3-10,13H,11H2,1-2H3,(H,27,29)/t13-/m1/s1. The second-order valence-electron chi connectivity index (χ2n) is 7.09. The lowest BCUT2D eigenvalue weighted by atomic mass is 9.98. The van der Waals surface area contributed by atoms with Crippen molar-refractivity contribution in [2.75, 3.05) is 16.8 Å². The largest absolute Gasteiger partial charge is 0.325 e. The summed E-state index contributed by atoms with van der Waals surface area (Å²) in [5.74, 6) is -2.73. The number of rotatable bonds is 3. The van der Waals surface area contributed by atoms with Crippen LogP contribution in [0, 0.1) is 18.7 Å². The Labute approximate surface area is 171 Å². The molecule has 0 radical (unpaired) electrons. The predicted molar refractivity (Wildman–Crippen MR) is 108 cm³/mol. The third-order valence-corrected chi connectivity index (χ3v) is 4.96. The molecular weight excluding hydrogens is 390 g/mol. The van der Waals surface area contributed by atoms with E-state index in [2.05, 4.69) is 15.3 Å². The van der Waals surface area contributed by atoms with Crippen LogP contribution in [-0.4, -0.2) is 28.3 Å². The Balaban J connectivity index is 1.76. The summed E-state index contributed by atoms with van der Waals surface area (Å²) in [5.41, 5.74) is 2.06. The monoisotopic (exact) mass is 408 g/mol. The van der Waals surface area contributed by atoms with Gasteiger partial charge < -0.3 is 10.2 Å². The van der Waals surface area contributed by atoms with Crippen LogP contribution in [-0.2, 0) is 9.59 Å². The summed E-state index contributed by atoms with van der Waals surface area (Å²) in [4.78, 5) is 35.3. The van der Waals surface area contributed by atoms with E-state index in [-0.39, 0.29) is 23.7 Å². The molecule has 30 heavy (non-hydrogen) atoms. The molecule has 1 atom stereocenters. The van der Waals surface area contributed by atoms with Gasteiger partial charge in [0, 0.05) is 23.1 Å². The molecule has 0 bridgehead atoms. The smallest absolute Gasteiger partial charge is 0.244 e. The second-order valence-corrected chi connectivity index (χ2v) is 7.09.